The summed E-state index contributed by atoms with van der Waals surface area (Å²) in [5, 5.41) is 245. The van der Waals surface area contributed by atoms with Gasteiger partial charge in [-0.3, -0.25) is 38.3 Å². The lowest BCUT2D eigenvalue weighted by Gasteiger charge is -2.50. The van der Waals surface area contributed by atoms with Crippen LogP contribution in [0.4, 0.5) is 0 Å². The number of aliphatic hydroxyl groups excluding tert-OH is 20. The molecular formula is C77H106N10O38. The smallest absolute Gasteiger partial charge is 0.261 e. The summed E-state index contributed by atoms with van der Waals surface area (Å²) in [7, 11) is 3.64. The van der Waals surface area contributed by atoms with Gasteiger partial charge in [-0.05, 0) is 70.7 Å². The number of carbonyl (C=O) groups is 4. The Morgan fingerprint density at radius 2 is 0.576 bits per heavy atom. The third kappa shape index (κ3) is 18.6. The zero-order valence-electron chi connectivity index (χ0n) is 67.3. The van der Waals surface area contributed by atoms with E-state index in [2.05, 4.69) is 32.8 Å². The molecule has 28 rings (SSSR count). The highest BCUT2D eigenvalue weighted by Gasteiger charge is 2.60. The lowest BCUT2D eigenvalue weighted by Crippen LogP contribution is -2.68. The van der Waals surface area contributed by atoms with Gasteiger partial charge < -0.3 is 178 Å². The van der Waals surface area contributed by atoms with Crippen LogP contribution in [0.5, 0.6) is 0 Å². The maximum Gasteiger partial charge on any atom is 0.261 e. The summed E-state index contributed by atoms with van der Waals surface area (Å²) in [5.74, 6) is -2.12. The van der Waals surface area contributed by atoms with Gasteiger partial charge in [-0.2, -0.15) is 0 Å². The number of ether oxygens (including phenoxy) is 14. The maximum absolute atomic E-state index is 14.3. The van der Waals surface area contributed by atoms with Gasteiger partial charge in [-0.1, -0.05) is 34.7 Å². The Morgan fingerprint density at radius 3 is 0.848 bits per heavy atom. The van der Waals surface area contributed by atoms with Crippen molar-refractivity contribution in [2.75, 3.05) is 79.9 Å². The predicted molar refractivity (Wildman–Crippen MR) is 404 cm³/mol. The number of allylic oxidation sites excluding steroid dienone is 4. The number of carbonyl (C=O) groups excluding carboxylic acids is 4. The molecule has 2 aromatic carbocycles. The van der Waals surface area contributed by atoms with E-state index in [-0.39, 0.29) is 84.5 Å². The molecule has 1 aliphatic carbocycles. The molecule has 2 aromatic heterocycles. The number of nitrogens with zero attached hydrogens (tertiary/aromatic N) is 10. The largest absolute Gasteiger partial charge is 0.394 e. The topological polar surface area (TPSA) is 676 Å². The number of amides is 4. The number of imide groups is 2. The first-order chi connectivity index (χ1) is 60.0. The molecule has 21 saturated heterocycles. The van der Waals surface area contributed by atoms with Crippen molar-refractivity contribution < 1.29 is 188 Å². The lowest BCUT2D eigenvalue weighted by atomic mass is 9.86. The number of rotatable bonds is 23. The van der Waals surface area contributed by atoms with E-state index in [0.29, 0.717) is 31.7 Å². The molecule has 0 radical (unpaired) electrons. The standard InChI is InChI=1S/C77H106N10O38/c1-82(14-5-16-86-67(108)33-9-11-35-45-36(12-10-34(44(33)45)68(86)109)70(111)87(69(35)110)17-6-15-83(2)21-32-23-85(81-79-32)19-30-7-3-4-8-30)20-31-22-84(80-78-31)18-13-37-60-46(94)53(101)71(112-37)120-61-38(24-88)114-73(55(103)48(61)96)122-63-40(26-90)116-75(57(105)50(63)98)124-65-42(28-92)118-77(59(107)52(65)100)125-66-43(29-93)117-76(58(106)51(66)99)123-64-41(27-91)115-74(56(104)49(64)97)121-62-39(25-89)113-72(119-60)54(102)47(62)95/h3-4,7-12,22-23,30,37-43,46-66,71-77,88-107H,5-6,13-21,24-29H2,1-2H3. The molecule has 4 aromatic rings. The minimum atomic E-state index is -2.27. The monoisotopic (exact) mass is 1780 g/mol. The van der Waals surface area contributed by atoms with Gasteiger partial charge in [0.2, 0.25) is 0 Å². The van der Waals surface area contributed by atoms with E-state index in [1.165, 1.54) is 40.0 Å². The van der Waals surface area contributed by atoms with Crippen molar-refractivity contribution in [3.8, 4) is 0 Å². The molecular weight excluding hydrogens is 1670 g/mol. The predicted octanol–water partition coefficient (Wildman–Crippen LogP) is -11.8. The Hall–Kier alpha value is -6.70. The summed E-state index contributed by atoms with van der Waals surface area (Å²) in [6, 6.07) is 5.98. The second kappa shape index (κ2) is 39.5. The van der Waals surface area contributed by atoms with Crippen molar-refractivity contribution in [3.63, 3.8) is 0 Å². The molecule has 35 unspecified atom stereocenters. The number of aryl methyl sites for hydroxylation is 1. The van der Waals surface area contributed by atoms with Crippen LogP contribution in [0.3, 0.4) is 0 Å². The molecule has 0 saturated carbocycles. The summed E-state index contributed by atoms with van der Waals surface area (Å²) in [6.45, 7) is -4.58. The van der Waals surface area contributed by atoms with E-state index in [4.69, 9.17) is 66.3 Å². The highest BCUT2D eigenvalue weighted by atomic mass is 16.8. The first-order valence-electron chi connectivity index (χ1n) is 41.1. The van der Waals surface area contributed by atoms with Crippen molar-refractivity contribution in [1.82, 2.24) is 49.6 Å². The van der Waals surface area contributed by atoms with Crippen LogP contribution < -0.4 is 0 Å². The summed E-state index contributed by atoms with van der Waals surface area (Å²) < 4.78 is 85.6. The van der Waals surface area contributed by atoms with Gasteiger partial charge in [0.1, 0.15) is 165 Å². The highest BCUT2D eigenvalue weighted by Crippen LogP contribution is 2.43. The number of benzene rings is 2. The van der Waals surface area contributed by atoms with Crippen LogP contribution in [0.1, 0.15) is 72.1 Å². The van der Waals surface area contributed by atoms with Crippen LogP contribution in [0, 0.1) is 5.92 Å². The fourth-order valence-corrected chi connectivity index (χ4v) is 17.7. The molecule has 692 valence electrons. The molecule has 125 heavy (non-hydrogen) atoms. The fourth-order valence-electron chi connectivity index (χ4n) is 17.7. The van der Waals surface area contributed by atoms with E-state index in [0.717, 1.165) is 10.6 Å². The normalized spacial score (nSPS) is 40.3. The molecule has 25 heterocycles. The highest BCUT2D eigenvalue weighted by molar-refractivity contribution is 6.33. The number of hydrogen-bond donors (Lipinski definition) is 20. The van der Waals surface area contributed by atoms with Crippen LogP contribution >= 0.6 is 0 Å². The maximum atomic E-state index is 14.3. The number of hydrogen-bond acceptors (Lipinski definition) is 44. The first-order valence-corrected chi connectivity index (χ1v) is 41.1. The minimum absolute atomic E-state index is 0.0506. The molecule has 14 bridgehead atoms. The molecule has 48 nitrogen and oxygen atoms in total. The van der Waals surface area contributed by atoms with Gasteiger partial charge >= 0.3 is 0 Å². The Kier molecular flexibility index (Phi) is 29.4. The third-order valence-corrected chi connectivity index (χ3v) is 24.4. The second-order valence-electron chi connectivity index (χ2n) is 32.9. The van der Waals surface area contributed by atoms with E-state index in [1.54, 1.807) is 11.7 Å². The van der Waals surface area contributed by atoms with Crippen molar-refractivity contribution in [2.24, 2.45) is 5.92 Å². The van der Waals surface area contributed by atoms with Gasteiger partial charge in [0.15, 0.2) is 44.0 Å². The van der Waals surface area contributed by atoms with Gasteiger partial charge in [0.05, 0.1) is 63.7 Å². The first kappa shape index (κ1) is 93.0. The van der Waals surface area contributed by atoms with Crippen LogP contribution in [0.15, 0.2) is 61.0 Å². The van der Waals surface area contributed by atoms with E-state index in [9.17, 15) is 121 Å². The van der Waals surface area contributed by atoms with Gasteiger partial charge in [-0.25, -0.2) is 0 Å². The molecule has 4 amide bonds. The van der Waals surface area contributed by atoms with Crippen molar-refractivity contribution in [3.05, 3.63) is 94.6 Å². The van der Waals surface area contributed by atoms with Crippen LogP contribution in [-0.4, -0.2) is 470 Å². The lowest BCUT2D eigenvalue weighted by molar-refractivity contribution is -0.396. The van der Waals surface area contributed by atoms with Gasteiger partial charge in [0, 0.05) is 84.1 Å². The minimum Gasteiger partial charge on any atom is -0.394 e. The van der Waals surface area contributed by atoms with Crippen molar-refractivity contribution in [2.45, 2.75) is 260 Å². The summed E-state index contributed by atoms with van der Waals surface area (Å²) in [4.78, 5) is 63.0. The Labute approximate surface area is 710 Å². The summed E-state index contributed by atoms with van der Waals surface area (Å²) >= 11 is 0. The van der Waals surface area contributed by atoms with Crippen LogP contribution in [-0.2, 0) is 92.5 Å². The average Bonchev–Trinajstić information content (AvgIpc) is 1.50. The average molecular weight is 1780 g/mol. The van der Waals surface area contributed by atoms with E-state index in [1.807, 2.05) is 35.2 Å². The van der Waals surface area contributed by atoms with E-state index >= 15 is 0 Å². The molecule has 0 spiro atoms. The number of aromatic nitrogens is 6. The summed E-state index contributed by atoms with van der Waals surface area (Å²) in [5.41, 5.74) is 1.78. The zero-order chi connectivity index (χ0) is 89.0. The summed E-state index contributed by atoms with van der Waals surface area (Å²) in [6.07, 6.45) is -59.9. The molecule has 48 heteroatoms. The quantitative estimate of drug-likeness (QED) is 0.0307. The zero-order valence-corrected chi connectivity index (χ0v) is 67.3. The molecule has 24 aliphatic rings. The molecule has 23 aliphatic heterocycles. The van der Waals surface area contributed by atoms with Crippen LogP contribution in [0.2, 0.25) is 0 Å². The molecule has 35 atom stereocenters. The Bertz CT molecular complexity index is 4340. The van der Waals surface area contributed by atoms with Gasteiger partial charge in [0.25, 0.3) is 23.6 Å². The SMILES string of the molecule is CN(CCCN1C(=O)c2ccc3c4c(ccc(c24)C1=O)C(=O)N(CCCN(C)Cc1cn(CC2C=CC=C2)nn1)C3=O)Cc1cn(CCC2OC3OC4C(CO)OC(OC5C(CO)OC(OC6C(CO)OC(OC7C(CO)OC(OC8C(CO)OC(OC9C(CO)OC(OC2C(O)C3O)C(O)C9O)C(O)C8O)C(O)C7O)C(O)C6O)C(O)C5O)C(O)C4O)nn1. The van der Waals surface area contributed by atoms with E-state index < -0.39 is 278 Å². The number of aliphatic hydroxyl groups is 20. The van der Waals surface area contributed by atoms with Crippen molar-refractivity contribution in [1.29, 1.82) is 0 Å². The molecule has 21 fully saturated rings. The van der Waals surface area contributed by atoms with Crippen molar-refractivity contribution >= 4 is 34.4 Å². The van der Waals surface area contributed by atoms with Crippen LogP contribution in [0.25, 0.3) is 10.8 Å². The third-order valence-electron chi connectivity index (χ3n) is 24.4. The van der Waals surface area contributed by atoms with Gasteiger partial charge in [-0.15, -0.1) is 10.2 Å². The Morgan fingerprint density at radius 1 is 0.328 bits per heavy atom. The fraction of sp³-hybridized carbons (Fsp3) is 0.714. The second-order valence-corrected chi connectivity index (χ2v) is 32.9. The molecule has 20 N–H and O–H groups in total. The Balaban J connectivity index is 0.620.